The van der Waals surface area contributed by atoms with Crippen LogP contribution >= 0.6 is 23.2 Å². The zero-order valence-electron chi connectivity index (χ0n) is 9.11. The molecule has 0 saturated carbocycles. The molecule has 0 saturated heterocycles. The maximum atomic E-state index is 11.3. The van der Waals surface area contributed by atoms with Crippen LogP contribution in [-0.2, 0) is 4.79 Å². The van der Waals surface area contributed by atoms with Crippen molar-refractivity contribution in [1.29, 1.82) is 0 Å². The third-order valence-electron chi connectivity index (χ3n) is 2.40. The van der Waals surface area contributed by atoms with Gasteiger partial charge in [-0.25, -0.2) is 4.79 Å². The van der Waals surface area contributed by atoms with Crippen LogP contribution in [0.1, 0.15) is 0 Å². The first-order valence-electron chi connectivity index (χ1n) is 4.99. The van der Waals surface area contributed by atoms with E-state index in [-0.39, 0.29) is 21.5 Å². The van der Waals surface area contributed by atoms with Crippen molar-refractivity contribution in [2.24, 2.45) is 0 Å². The van der Waals surface area contributed by atoms with Crippen LogP contribution < -0.4 is 4.74 Å². The highest BCUT2D eigenvalue weighted by Gasteiger charge is 2.18. The monoisotopic (exact) mass is 282 g/mol. The van der Waals surface area contributed by atoms with Crippen LogP contribution in [0.15, 0.2) is 36.9 Å². The number of rotatable bonds is 2. The Morgan fingerprint density at radius 2 is 1.83 bits per heavy atom. The third kappa shape index (κ3) is 2.03. The molecule has 3 nitrogen and oxygen atoms in total. The molecule has 2 aromatic carbocycles. The molecule has 2 aromatic rings. The van der Waals surface area contributed by atoms with Crippen LogP contribution in [0.2, 0.25) is 10.0 Å². The average Bonchev–Trinajstić information content (AvgIpc) is 2.40. The van der Waals surface area contributed by atoms with Gasteiger partial charge in [-0.05, 0) is 0 Å². The zero-order chi connectivity index (χ0) is 13.3. The van der Waals surface area contributed by atoms with Crippen molar-refractivity contribution < 1.29 is 14.6 Å². The molecule has 0 fully saturated rings. The lowest BCUT2D eigenvalue weighted by Crippen LogP contribution is -2.04. The summed E-state index contributed by atoms with van der Waals surface area (Å²) in [4.78, 5) is 11.3. The molecule has 0 aliphatic carbocycles. The Hall–Kier alpha value is -1.71. The minimum absolute atomic E-state index is 0.0110. The summed E-state index contributed by atoms with van der Waals surface area (Å²) >= 11 is 11.9. The van der Waals surface area contributed by atoms with Crippen molar-refractivity contribution in [2.75, 3.05) is 0 Å². The number of ether oxygens (including phenoxy) is 1. The van der Waals surface area contributed by atoms with Gasteiger partial charge >= 0.3 is 5.97 Å². The van der Waals surface area contributed by atoms with Gasteiger partial charge in [-0.3, -0.25) is 0 Å². The standard InChI is InChI=1S/C13H8Cl2O3/c1-2-9(16)18-13-8-6-4-3-5-7(8)12(17)10(14)11(13)15/h2-6,17H,1H2. The van der Waals surface area contributed by atoms with Gasteiger partial charge in [-0.1, -0.05) is 54.0 Å². The van der Waals surface area contributed by atoms with Crippen LogP contribution in [0.5, 0.6) is 11.5 Å². The lowest BCUT2D eigenvalue weighted by atomic mass is 10.1. The van der Waals surface area contributed by atoms with Crippen molar-refractivity contribution in [3.8, 4) is 11.5 Å². The highest BCUT2D eigenvalue weighted by Crippen LogP contribution is 2.45. The van der Waals surface area contributed by atoms with E-state index in [1.165, 1.54) is 0 Å². The number of carbonyl (C=O) groups is 1. The Morgan fingerprint density at radius 3 is 2.44 bits per heavy atom. The van der Waals surface area contributed by atoms with Gasteiger partial charge in [0.05, 0.1) is 0 Å². The Kier molecular flexibility index (Phi) is 3.45. The van der Waals surface area contributed by atoms with Crippen molar-refractivity contribution in [3.63, 3.8) is 0 Å². The summed E-state index contributed by atoms with van der Waals surface area (Å²) in [6.45, 7) is 3.31. The number of aromatic hydroxyl groups is 1. The molecular formula is C13H8Cl2O3. The third-order valence-corrected chi connectivity index (χ3v) is 3.22. The molecule has 0 aliphatic heterocycles. The van der Waals surface area contributed by atoms with Gasteiger partial charge in [-0.2, -0.15) is 0 Å². The van der Waals surface area contributed by atoms with E-state index in [9.17, 15) is 9.90 Å². The summed E-state index contributed by atoms with van der Waals surface area (Å²) < 4.78 is 5.06. The summed E-state index contributed by atoms with van der Waals surface area (Å²) in [5.41, 5.74) is 0. The number of benzene rings is 2. The van der Waals surface area contributed by atoms with Gasteiger partial charge < -0.3 is 9.84 Å². The van der Waals surface area contributed by atoms with E-state index in [2.05, 4.69) is 6.58 Å². The summed E-state index contributed by atoms with van der Waals surface area (Å²) in [7, 11) is 0. The molecule has 1 N–H and O–H groups in total. The maximum absolute atomic E-state index is 11.3. The van der Waals surface area contributed by atoms with Crippen LogP contribution in [0.25, 0.3) is 10.8 Å². The quantitative estimate of drug-likeness (QED) is 0.516. The van der Waals surface area contributed by atoms with Crippen molar-refractivity contribution in [2.45, 2.75) is 0 Å². The Morgan fingerprint density at radius 1 is 1.22 bits per heavy atom. The summed E-state index contributed by atoms with van der Waals surface area (Å²) in [5.74, 6) is -0.681. The number of phenolic OH excluding ortho intramolecular Hbond substituents is 1. The van der Waals surface area contributed by atoms with E-state index < -0.39 is 5.97 Å². The first kappa shape index (κ1) is 12.7. The lowest BCUT2D eigenvalue weighted by Gasteiger charge is -2.11. The van der Waals surface area contributed by atoms with Crippen molar-refractivity contribution in [3.05, 3.63) is 47.0 Å². The fraction of sp³-hybridized carbons (Fsp3) is 0. The highest BCUT2D eigenvalue weighted by molar-refractivity contribution is 6.45. The van der Waals surface area contributed by atoms with Crippen LogP contribution in [-0.4, -0.2) is 11.1 Å². The van der Waals surface area contributed by atoms with Gasteiger partial charge in [0, 0.05) is 16.8 Å². The van der Waals surface area contributed by atoms with E-state index in [0.717, 1.165) is 6.08 Å². The molecule has 0 aromatic heterocycles. The van der Waals surface area contributed by atoms with E-state index in [4.69, 9.17) is 27.9 Å². The van der Waals surface area contributed by atoms with Crippen LogP contribution in [0.3, 0.4) is 0 Å². The second kappa shape index (κ2) is 4.88. The number of carbonyl (C=O) groups excluding carboxylic acids is 1. The average molecular weight is 283 g/mol. The SMILES string of the molecule is C=CC(=O)Oc1c(Cl)c(Cl)c(O)c2ccccc12. The second-order valence-corrected chi connectivity index (χ2v) is 4.23. The summed E-state index contributed by atoms with van der Waals surface area (Å²) in [6, 6.07) is 6.78. The van der Waals surface area contributed by atoms with Gasteiger partial charge in [0.2, 0.25) is 0 Å². The first-order chi connectivity index (χ1) is 8.56. The smallest absolute Gasteiger partial charge is 0.335 e. The number of phenols is 1. The van der Waals surface area contributed by atoms with Crippen molar-refractivity contribution >= 4 is 39.9 Å². The topological polar surface area (TPSA) is 46.5 Å². The summed E-state index contributed by atoms with van der Waals surface area (Å²) in [6.07, 6.45) is 1.02. The molecule has 0 amide bonds. The molecular weight excluding hydrogens is 275 g/mol. The molecule has 18 heavy (non-hydrogen) atoms. The Labute approximate surface area is 113 Å². The molecule has 0 bridgehead atoms. The molecule has 0 aliphatic rings. The van der Waals surface area contributed by atoms with Gasteiger partial charge in [0.25, 0.3) is 0 Å². The number of hydrogen-bond donors (Lipinski definition) is 1. The van der Waals surface area contributed by atoms with Crippen LogP contribution in [0, 0.1) is 0 Å². The minimum Gasteiger partial charge on any atom is -0.506 e. The second-order valence-electron chi connectivity index (χ2n) is 3.48. The predicted molar refractivity (Wildman–Crippen MR) is 71.5 cm³/mol. The first-order valence-corrected chi connectivity index (χ1v) is 5.74. The normalized spacial score (nSPS) is 10.3. The zero-order valence-corrected chi connectivity index (χ0v) is 10.6. The minimum atomic E-state index is -0.649. The molecule has 0 atom stereocenters. The van der Waals surface area contributed by atoms with Gasteiger partial charge in [0.1, 0.15) is 15.8 Å². The van der Waals surface area contributed by atoms with E-state index in [0.29, 0.717) is 10.8 Å². The highest BCUT2D eigenvalue weighted by atomic mass is 35.5. The van der Waals surface area contributed by atoms with E-state index in [1.54, 1.807) is 24.3 Å². The molecule has 5 heteroatoms. The number of fused-ring (bicyclic) bond motifs is 1. The molecule has 2 rings (SSSR count). The molecule has 0 unspecified atom stereocenters. The molecule has 0 radical (unpaired) electrons. The molecule has 0 heterocycles. The number of halogens is 2. The predicted octanol–water partition coefficient (Wildman–Crippen LogP) is 3.94. The van der Waals surface area contributed by atoms with E-state index >= 15 is 0 Å². The molecule has 92 valence electrons. The fourth-order valence-electron chi connectivity index (χ4n) is 1.57. The lowest BCUT2D eigenvalue weighted by molar-refractivity contribution is -0.128. The van der Waals surface area contributed by atoms with E-state index in [1.807, 2.05) is 0 Å². The largest absolute Gasteiger partial charge is 0.506 e. The van der Waals surface area contributed by atoms with Gasteiger partial charge in [0.15, 0.2) is 5.75 Å². The molecule has 0 spiro atoms. The number of hydrogen-bond acceptors (Lipinski definition) is 3. The fourth-order valence-corrected chi connectivity index (χ4v) is 1.99. The van der Waals surface area contributed by atoms with Crippen molar-refractivity contribution in [1.82, 2.24) is 0 Å². The van der Waals surface area contributed by atoms with Crippen LogP contribution in [0.4, 0.5) is 0 Å². The Bertz CT molecular complexity index is 650. The Balaban J connectivity index is 2.78. The number of esters is 1. The maximum Gasteiger partial charge on any atom is 0.335 e. The summed E-state index contributed by atoms with van der Waals surface area (Å²) in [5, 5.41) is 10.8. The van der Waals surface area contributed by atoms with Gasteiger partial charge in [-0.15, -0.1) is 0 Å².